The molecule has 3 heterocycles. The third-order valence-electron chi connectivity index (χ3n) is 5.29. The van der Waals surface area contributed by atoms with E-state index in [1.807, 2.05) is 31.6 Å². The number of aromatic nitrogens is 2. The summed E-state index contributed by atoms with van der Waals surface area (Å²) >= 11 is 7.72. The summed E-state index contributed by atoms with van der Waals surface area (Å²) in [5.74, 6) is 1.94. The van der Waals surface area contributed by atoms with E-state index in [1.165, 1.54) is 10.4 Å². The van der Waals surface area contributed by atoms with E-state index in [0.29, 0.717) is 6.54 Å². The van der Waals surface area contributed by atoms with Gasteiger partial charge >= 0.3 is 0 Å². The van der Waals surface area contributed by atoms with Crippen LogP contribution in [0.15, 0.2) is 59.9 Å². The van der Waals surface area contributed by atoms with Gasteiger partial charge in [-0.15, -0.1) is 35.3 Å². The van der Waals surface area contributed by atoms with Gasteiger partial charge in [0.15, 0.2) is 5.96 Å². The van der Waals surface area contributed by atoms with Crippen LogP contribution in [-0.4, -0.2) is 58.5 Å². The molecule has 0 atom stereocenters. The summed E-state index contributed by atoms with van der Waals surface area (Å²) < 4.78 is 3.04. The fraction of sp³-hybridized carbons (Fsp3) is 0.364. The maximum absolute atomic E-state index is 6.06. The van der Waals surface area contributed by atoms with Crippen LogP contribution in [0, 0.1) is 0 Å². The molecule has 1 aliphatic heterocycles. The molecule has 1 aromatic carbocycles. The van der Waals surface area contributed by atoms with Crippen LogP contribution in [0.25, 0.3) is 0 Å². The van der Waals surface area contributed by atoms with Crippen LogP contribution in [0.4, 0.5) is 0 Å². The molecule has 0 spiro atoms. The molecular weight excluding hydrogens is 543 g/mol. The second-order valence-corrected chi connectivity index (χ2v) is 9.13. The lowest BCUT2D eigenvalue weighted by molar-refractivity contribution is 0.173. The zero-order chi connectivity index (χ0) is 20.8. The van der Waals surface area contributed by atoms with E-state index in [9.17, 15) is 0 Å². The van der Waals surface area contributed by atoms with E-state index < -0.39 is 0 Å². The first-order valence-electron chi connectivity index (χ1n) is 10.2. The highest BCUT2D eigenvalue weighted by molar-refractivity contribution is 14.0. The molecule has 6 nitrogen and oxygen atoms in total. The highest BCUT2D eigenvalue weighted by Crippen LogP contribution is 2.23. The van der Waals surface area contributed by atoms with Crippen molar-refractivity contribution in [1.82, 2.24) is 24.7 Å². The molecule has 0 radical (unpaired) electrons. The Morgan fingerprint density at radius 2 is 1.87 bits per heavy atom. The molecule has 0 aliphatic carbocycles. The minimum atomic E-state index is 0. The van der Waals surface area contributed by atoms with Crippen molar-refractivity contribution in [1.29, 1.82) is 0 Å². The summed E-state index contributed by atoms with van der Waals surface area (Å²) in [4.78, 5) is 15.1. The highest BCUT2D eigenvalue weighted by atomic mass is 127. The fourth-order valence-corrected chi connectivity index (χ4v) is 4.83. The molecule has 1 aliphatic rings. The van der Waals surface area contributed by atoms with Crippen molar-refractivity contribution < 1.29 is 0 Å². The molecule has 0 amide bonds. The Hall–Kier alpha value is -1.62. The molecular formula is C22H28ClIN6S. The number of halogens is 2. The van der Waals surface area contributed by atoms with Crippen LogP contribution >= 0.6 is 46.9 Å². The molecule has 31 heavy (non-hydrogen) atoms. The Morgan fingerprint density at radius 1 is 1.10 bits per heavy atom. The molecule has 9 heteroatoms. The summed E-state index contributed by atoms with van der Waals surface area (Å²) in [5, 5.41) is 3.49. The van der Waals surface area contributed by atoms with Gasteiger partial charge < -0.3 is 14.8 Å². The number of hydrogen-bond acceptors (Lipinski definition) is 4. The van der Waals surface area contributed by atoms with Crippen molar-refractivity contribution in [3.63, 3.8) is 0 Å². The predicted octanol–water partition coefficient (Wildman–Crippen LogP) is 4.16. The maximum Gasteiger partial charge on any atom is 0.194 e. The van der Waals surface area contributed by atoms with Crippen molar-refractivity contribution in [2.45, 2.75) is 19.6 Å². The number of imidazole rings is 1. The number of rotatable bonds is 6. The van der Waals surface area contributed by atoms with Gasteiger partial charge in [0.1, 0.15) is 5.82 Å². The number of benzene rings is 1. The molecule has 1 N–H and O–H groups in total. The van der Waals surface area contributed by atoms with Gasteiger partial charge in [-0.3, -0.25) is 9.89 Å². The first-order chi connectivity index (χ1) is 14.7. The van der Waals surface area contributed by atoms with E-state index >= 15 is 0 Å². The Morgan fingerprint density at radius 3 is 2.55 bits per heavy atom. The number of piperazine rings is 1. The van der Waals surface area contributed by atoms with Crippen molar-refractivity contribution >= 4 is 52.9 Å². The monoisotopic (exact) mass is 570 g/mol. The molecule has 2 aromatic heterocycles. The van der Waals surface area contributed by atoms with Gasteiger partial charge in [-0.2, -0.15) is 0 Å². The van der Waals surface area contributed by atoms with Crippen LogP contribution in [0.3, 0.4) is 0 Å². The van der Waals surface area contributed by atoms with E-state index in [0.717, 1.165) is 55.4 Å². The Kier molecular flexibility index (Phi) is 9.18. The number of nitrogens with one attached hydrogen (secondary N) is 1. The second kappa shape index (κ2) is 11.8. The molecule has 0 unspecified atom stereocenters. The van der Waals surface area contributed by atoms with Crippen LogP contribution in [0.2, 0.25) is 4.34 Å². The van der Waals surface area contributed by atoms with Gasteiger partial charge in [0.05, 0.1) is 10.9 Å². The normalized spacial score (nSPS) is 15.0. The first-order valence-corrected chi connectivity index (χ1v) is 11.4. The lowest BCUT2D eigenvalue weighted by Crippen LogP contribution is -2.52. The van der Waals surface area contributed by atoms with Gasteiger partial charge in [0, 0.05) is 63.6 Å². The van der Waals surface area contributed by atoms with Crippen molar-refractivity contribution in [2.75, 3.05) is 33.2 Å². The summed E-state index contributed by atoms with van der Waals surface area (Å²) in [6.45, 7) is 6.38. The molecule has 4 rings (SSSR count). The van der Waals surface area contributed by atoms with Crippen molar-refractivity contribution in [2.24, 2.45) is 4.99 Å². The third-order valence-corrected chi connectivity index (χ3v) is 6.51. The minimum absolute atomic E-state index is 0. The van der Waals surface area contributed by atoms with Crippen LogP contribution in [0.5, 0.6) is 0 Å². The molecule has 3 aromatic rings. The molecule has 166 valence electrons. The Bertz CT molecular complexity index is 965. The van der Waals surface area contributed by atoms with E-state index in [4.69, 9.17) is 11.6 Å². The fourth-order valence-electron chi connectivity index (χ4n) is 3.70. The third kappa shape index (κ3) is 6.68. The Balaban J connectivity index is 0.00000272. The van der Waals surface area contributed by atoms with Crippen LogP contribution in [-0.2, 0) is 19.6 Å². The highest BCUT2D eigenvalue weighted by Gasteiger charge is 2.20. The summed E-state index contributed by atoms with van der Waals surface area (Å²) in [5.41, 5.74) is 1.27. The quantitative estimate of drug-likeness (QED) is 0.275. The van der Waals surface area contributed by atoms with Gasteiger partial charge in [0.25, 0.3) is 0 Å². The van der Waals surface area contributed by atoms with E-state index in [2.05, 4.69) is 60.0 Å². The minimum Gasteiger partial charge on any atom is -0.349 e. The number of aliphatic imine (C=N–C) groups is 1. The summed E-state index contributed by atoms with van der Waals surface area (Å²) in [6, 6.07) is 14.6. The van der Waals surface area contributed by atoms with Gasteiger partial charge in [-0.1, -0.05) is 41.9 Å². The topological polar surface area (TPSA) is 48.7 Å². The molecule has 0 bridgehead atoms. The average Bonchev–Trinajstić information content (AvgIpc) is 3.39. The summed E-state index contributed by atoms with van der Waals surface area (Å²) in [6.07, 6.45) is 3.89. The molecule has 0 saturated carbocycles. The van der Waals surface area contributed by atoms with Crippen molar-refractivity contribution in [3.8, 4) is 0 Å². The SMILES string of the molecule is CN=C(NCc1nccn1Cc1ccccc1)N1CCN(Cc2ccc(Cl)s2)CC1.I. The zero-order valence-corrected chi connectivity index (χ0v) is 21.5. The number of guanidine groups is 1. The summed E-state index contributed by atoms with van der Waals surface area (Å²) in [7, 11) is 1.85. The smallest absolute Gasteiger partial charge is 0.194 e. The lowest BCUT2D eigenvalue weighted by Gasteiger charge is -2.36. The van der Waals surface area contributed by atoms with Gasteiger partial charge in [-0.05, 0) is 17.7 Å². The van der Waals surface area contributed by atoms with Gasteiger partial charge in [0.2, 0.25) is 0 Å². The number of thiophene rings is 1. The lowest BCUT2D eigenvalue weighted by atomic mass is 10.2. The number of hydrogen-bond donors (Lipinski definition) is 1. The molecule has 1 saturated heterocycles. The van der Waals surface area contributed by atoms with E-state index in [1.54, 1.807) is 11.3 Å². The Labute approximate surface area is 210 Å². The zero-order valence-electron chi connectivity index (χ0n) is 17.6. The van der Waals surface area contributed by atoms with Crippen molar-refractivity contribution in [3.05, 3.63) is 75.5 Å². The molecule has 1 fully saturated rings. The largest absolute Gasteiger partial charge is 0.349 e. The average molecular weight is 571 g/mol. The first kappa shape index (κ1) is 24.0. The number of nitrogens with zero attached hydrogens (tertiary/aromatic N) is 5. The van der Waals surface area contributed by atoms with Crippen LogP contribution in [0.1, 0.15) is 16.3 Å². The van der Waals surface area contributed by atoms with E-state index in [-0.39, 0.29) is 24.0 Å². The maximum atomic E-state index is 6.06. The standard InChI is InChI=1S/C22H27ClN6S.HI/c1-24-22(28-13-11-27(12-14-28)17-19-7-8-20(23)30-19)26-15-21-25-9-10-29(21)16-18-5-3-2-4-6-18;/h2-10H,11-17H2,1H3,(H,24,26);1H. The second-order valence-electron chi connectivity index (χ2n) is 7.33. The van der Waals surface area contributed by atoms with Gasteiger partial charge in [-0.25, -0.2) is 4.98 Å². The van der Waals surface area contributed by atoms with Crippen LogP contribution < -0.4 is 5.32 Å². The predicted molar refractivity (Wildman–Crippen MR) is 140 cm³/mol.